The van der Waals surface area contributed by atoms with E-state index in [2.05, 4.69) is 12.2 Å². The SMILES string of the molecule is CCSc1ccccc1NC(=O)C1CCN(S(=O)(=O)Cc2c(Cl)cccc2Cl)CC1. The molecule has 0 radical (unpaired) electrons. The highest BCUT2D eigenvalue weighted by Crippen LogP contribution is 2.30. The minimum absolute atomic E-state index is 0.0645. The van der Waals surface area contributed by atoms with Crippen LogP contribution < -0.4 is 5.32 Å². The van der Waals surface area contributed by atoms with E-state index in [1.54, 1.807) is 30.0 Å². The number of thioether (sulfide) groups is 1. The van der Waals surface area contributed by atoms with Crippen LogP contribution in [0.15, 0.2) is 47.4 Å². The molecule has 0 aromatic heterocycles. The summed E-state index contributed by atoms with van der Waals surface area (Å²) in [5, 5.41) is 3.68. The zero-order chi connectivity index (χ0) is 21.7. The summed E-state index contributed by atoms with van der Waals surface area (Å²) in [6, 6.07) is 12.7. The Kier molecular flexibility index (Phi) is 8.10. The lowest BCUT2D eigenvalue weighted by molar-refractivity contribution is -0.120. The average molecular weight is 487 g/mol. The molecule has 3 rings (SSSR count). The Bertz CT molecular complexity index is 987. The molecule has 5 nitrogen and oxygen atoms in total. The minimum atomic E-state index is -3.57. The molecule has 0 unspecified atom stereocenters. The Labute approximate surface area is 192 Å². The lowest BCUT2D eigenvalue weighted by Crippen LogP contribution is -2.42. The number of anilines is 1. The van der Waals surface area contributed by atoms with Crippen molar-refractivity contribution in [1.82, 2.24) is 4.31 Å². The van der Waals surface area contributed by atoms with Gasteiger partial charge in [-0.3, -0.25) is 4.79 Å². The van der Waals surface area contributed by atoms with Gasteiger partial charge in [0.2, 0.25) is 15.9 Å². The molecule has 2 aromatic carbocycles. The van der Waals surface area contributed by atoms with Gasteiger partial charge in [0, 0.05) is 39.5 Å². The first-order chi connectivity index (χ1) is 14.3. The Morgan fingerprint density at radius 2 is 1.73 bits per heavy atom. The molecule has 1 saturated heterocycles. The lowest BCUT2D eigenvalue weighted by atomic mass is 9.97. The highest BCUT2D eigenvalue weighted by atomic mass is 35.5. The predicted molar refractivity (Wildman–Crippen MR) is 125 cm³/mol. The molecule has 1 aliphatic heterocycles. The van der Waals surface area contributed by atoms with E-state index in [0.717, 1.165) is 16.3 Å². The third-order valence-electron chi connectivity index (χ3n) is 5.05. The molecule has 30 heavy (non-hydrogen) atoms. The number of rotatable bonds is 7. The average Bonchev–Trinajstić information content (AvgIpc) is 2.72. The first kappa shape index (κ1) is 23.4. The highest BCUT2D eigenvalue weighted by Gasteiger charge is 2.32. The summed E-state index contributed by atoms with van der Waals surface area (Å²) in [4.78, 5) is 13.8. The smallest absolute Gasteiger partial charge is 0.227 e. The standard InChI is InChI=1S/C21H24Cl2N2O3S2/c1-2-29-20-9-4-3-8-19(20)24-21(26)15-10-12-25(13-11-15)30(27,28)14-16-17(22)6-5-7-18(16)23/h3-9,15H,2,10-14H2,1H3,(H,24,26). The predicted octanol–water partition coefficient (Wildman–Crippen LogP) is 5.29. The molecule has 0 saturated carbocycles. The number of amides is 1. The molecule has 0 spiro atoms. The number of para-hydroxylation sites is 1. The Morgan fingerprint density at radius 1 is 1.10 bits per heavy atom. The summed E-state index contributed by atoms with van der Waals surface area (Å²) in [6.45, 7) is 2.66. The Balaban J connectivity index is 1.61. The molecule has 1 fully saturated rings. The fourth-order valence-electron chi connectivity index (χ4n) is 3.43. The number of benzene rings is 2. The van der Waals surface area contributed by atoms with E-state index in [0.29, 0.717) is 41.5 Å². The maximum absolute atomic E-state index is 12.8. The minimum Gasteiger partial charge on any atom is -0.325 e. The molecule has 0 atom stereocenters. The summed E-state index contributed by atoms with van der Waals surface area (Å²) in [5.41, 5.74) is 1.21. The molecule has 1 heterocycles. The molecular weight excluding hydrogens is 463 g/mol. The van der Waals surface area contributed by atoms with Gasteiger partial charge in [0.25, 0.3) is 0 Å². The van der Waals surface area contributed by atoms with Crippen LogP contribution in [0.1, 0.15) is 25.3 Å². The number of nitrogens with one attached hydrogen (secondary N) is 1. The molecule has 0 bridgehead atoms. The van der Waals surface area contributed by atoms with Crippen molar-refractivity contribution in [2.45, 2.75) is 30.4 Å². The van der Waals surface area contributed by atoms with Gasteiger partial charge in [-0.15, -0.1) is 11.8 Å². The zero-order valence-electron chi connectivity index (χ0n) is 16.6. The van der Waals surface area contributed by atoms with Gasteiger partial charge in [-0.1, -0.05) is 48.3 Å². The van der Waals surface area contributed by atoms with Gasteiger partial charge < -0.3 is 5.32 Å². The summed E-state index contributed by atoms with van der Waals surface area (Å²) in [6.07, 6.45) is 0.953. The quantitative estimate of drug-likeness (QED) is 0.540. The van der Waals surface area contributed by atoms with Crippen molar-refractivity contribution in [3.63, 3.8) is 0 Å². The normalized spacial score (nSPS) is 15.8. The van der Waals surface area contributed by atoms with Gasteiger partial charge in [-0.05, 0) is 42.9 Å². The van der Waals surface area contributed by atoms with Gasteiger partial charge >= 0.3 is 0 Å². The molecule has 1 N–H and O–H groups in total. The largest absolute Gasteiger partial charge is 0.325 e. The van der Waals surface area contributed by atoms with Crippen LogP contribution in [0.2, 0.25) is 10.0 Å². The molecule has 9 heteroatoms. The van der Waals surface area contributed by atoms with Gasteiger partial charge in [0.15, 0.2) is 0 Å². The fourth-order valence-corrected chi connectivity index (χ4v) is 6.50. The molecule has 2 aromatic rings. The van der Waals surface area contributed by atoms with Crippen molar-refractivity contribution in [2.75, 3.05) is 24.2 Å². The highest BCUT2D eigenvalue weighted by molar-refractivity contribution is 7.99. The van der Waals surface area contributed by atoms with Gasteiger partial charge in [0.1, 0.15) is 0 Å². The van der Waals surface area contributed by atoms with Crippen LogP contribution in [-0.2, 0) is 20.6 Å². The fraction of sp³-hybridized carbons (Fsp3) is 0.381. The molecular formula is C21H24Cl2N2O3S2. The van der Waals surface area contributed by atoms with Crippen LogP contribution in [0.25, 0.3) is 0 Å². The van der Waals surface area contributed by atoms with Crippen LogP contribution in [-0.4, -0.2) is 37.5 Å². The number of nitrogens with zero attached hydrogens (tertiary/aromatic N) is 1. The van der Waals surface area contributed by atoms with Crippen LogP contribution in [0.4, 0.5) is 5.69 Å². The van der Waals surface area contributed by atoms with E-state index in [1.807, 2.05) is 24.3 Å². The first-order valence-corrected chi connectivity index (χ1v) is 13.1. The van der Waals surface area contributed by atoms with E-state index >= 15 is 0 Å². The number of carbonyl (C=O) groups excluding carboxylic acids is 1. The molecule has 162 valence electrons. The second-order valence-corrected chi connectivity index (χ2v) is 11.1. The number of carbonyl (C=O) groups is 1. The summed E-state index contributed by atoms with van der Waals surface area (Å²) >= 11 is 13.9. The summed E-state index contributed by atoms with van der Waals surface area (Å²) in [7, 11) is -3.57. The first-order valence-electron chi connectivity index (χ1n) is 9.75. The maximum Gasteiger partial charge on any atom is 0.227 e. The second kappa shape index (κ2) is 10.4. The summed E-state index contributed by atoms with van der Waals surface area (Å²) in [5.74, 6) is 0.383. The number of sulfonamides is 1. The van der Waals surface area contributed by atoms with E-state index < -0.39 is 10.0 Å². The van der Waals surface area contributed by atoms with Crippen LogP contribution in [0.5, 0.6) is 0 Å². The number of hydrogen-bond donors (Lipinski definition) is 1. The van der Waals surface area contributed by atoms with Crippen molar-refractivity contribution >= 4 is 56.6 Å². The molecule has 0 aliphatic carbocycles. The number of hydrogen-bond acceptors (Lipinski definition) is 4. The van der Waals surface area contributed by atoms with E-state index in [-0.39, 0.29) is 17.6 Å². The van der Waals surface area contributed by atoms with Crippen molar-refractivity contribution in [2.24, 2.45) is 5.92 Å². The molecule has 1 aliphatic rings. The van der Waals surface area contributed by atoms with Gasteiger partial charge in [0.05, 0.1) is 11.4 Å². The van der Waals surface area contributed by atoms with E-state index in [4.69, 9.17) is 23.2 Å². The molecule has 1 amide bonds. The maximum atomic E-state index is 12.8. The number of piperidine rings is 1. The van der Waals surface area contributed by atoms with Crippen molar-refractivity contribution in [1.29, 1.82) is 0 Å². The third-order valence-corrected chi connectivity index (χ3v) is 8.52. The van der Waals surface area contributed by atoms with Crippen molar-refractivity contribution in [3.8, 4) is 0 Å². The topological polar surface area (TPSA) is 66.5 Å². The van der Waals surface area contributed by atoms with Crippen molar-refractivity contribution < 1.29 is 13.2 Å². The summed E-state index contributed by atoms with van der Waals surface area (Å²) < 4.78 is 27.1. The Hall–Kier alpha value is -1.25. The Morgan fingerprint density at radius 3 is 2.37 bits per heavy atom. The van der Waals surface area contributed by atoms with Crippen LogP contribution in [0.3, 0.4) is 0 Å². The van der Waals surface area contributed by atoms with Crippen LogP contribution in [0, 0.1) is 5.92 Å². The monoisotopic (exact) mass is 486 g/mol. The lowest BCUT2D eigenvalue weighted by Gasteiger charge is -2.31. The third kappa shape index (κ3) is 5.71. The van der Waals surface area contributed by atoms with E-state index in [9.17, 15) is 13.2 Å². The van der Waals surface area contributed by atoms with E-state index in [1.165, 1.54) is 4.31 Å². The van der Waals surface area contributed by atoms with Gasteiger partial charge in [-0.2, -0.15) is 0 Å². The van der Waals surface area contributed by atoms with Crippen molar-refractivity contribution in [3.05, 3.63) is 58.1 Å². The van der Waals surface area contributed by atoms with Crippen LogP contribution >= 0.6 is 35.0 Å². The van der Waals surface area contributed by atoms with Gasteiger partial charge in [-0.25, -0.2) is 12.7 Å². The second-order valence-electron chi connectivity index (χ2n) is 7.05. The number of halogens is 2. The zero-order valence-corrected chi connectivity index (χ0v) is 19.8.